The fourth-order valence-corrected chi connectivity index (χ4v) is 1.64. The second-order valence-corrected chi connectivity index (χ2v) is 4.21. The van der Waals surface area contributed by atoms with E-state index in [4.69, 9.17) is 0 Å². The Morgan fingerprint density at radius 2 is 2.10 bits per heavy atom. The molecule has 7 nitrogen and oxygen atoms in total. The Morgan fingerprint density at radius 3 is 2.70 bits per heavy atom. The first-order valence-electron chi connectivity index (χ1n) is 6.02. The van der Waals surface area contributed by atoms with Gasteiger partial charge in [-0.1, -0.05) is 6.07 Å². The first-order valence-corrected chi connectivity index (χ1v) is 6.02. The van der Waals surface area contributed by atoms with E-state index in [0.29, 0.717) is 13.0 Å². The molecule has 7 heteroatoms. The molecule has 1 aromatic rings. The Hall–Kier alpha value is -2.44. The lowest BCUT2D eigenvalue weighted by Crippen LogP contribution is -2.28. The number of nitro benzene ring substituents is 1. The number of rotatable bonds is 6. The number of carbonyl (C=O) groups is 2. The van der Waals surface area contributed by atoms with Crippen LogP contribution in [-0.4, -0.2) is 42.4 Å². The van der Waals surface area contributed by atoms with Crippen LogP contribution in [0.25, 0.3) is 0 Å². The number of benzene rings is 1. The summed E-state index contributed by atoms with van der Waals surface area (Å²) in [5, 5.41) is 10.7. The van der Waals surface area contributed by atoms with Crippen LogP contribution < -0.4 is 0 Å². The third-order valence-corrected chi connectivity index (χ3v) is 2.75. The second-order valence-electron chi connectivity index (χ2n) is 4.21. The van der Waals surface area contributed by atoms with E-state index in [2.05, 4.69) is 4.74 Å². The van der Waals surface area contributed by atoms with Gasteiger partial charge in [-0.15, -0.1) is 0 Å². The lowest BCUT2D eigenvalue weighted by molar-refractivity contribution is -0.384. The average molecular weight is 280 g/mol. The fourth-order valence-electron chi connectivity index (χ4n) is 1.64. The monoisotopic (exact) mass is 280 g/mol. The molecule has 0 saturated heterocycles. The molecule has 1 amide bonds. The Kier molecular flexibility index (Phi) is 5.64. The highest BCUT2D eigenvalue weighted by Gasteiger charge is 2.15. The van der Waals surface area contributed by atoms with Crippen LogP contribution in [0.4, 0.5) is 5.69 Å². The Balaban J connectivity index is 2.62. The first-order chi connectivity index (χ1) is 9.45. The molecule has 108 valence electrons. The molecule has 0 radical (unpaired) electrons. The van der Waals surface area contributed by atoms with Gasteiger partial charge in [-0.05, 0) is 12.5 Å². The summed E-state index contributed by atoms with van der Waals surface area (Å²) in [6.45, 7) is 0.372. The van der Waals surface area contributed by atoms with Gasteiger partial charge in [0.05, 0.1) is 12.0 Å². The minimum Gasteiger partial charge on any atom is -0.469 e. The first kappa shape index (κ1) is 15.6. The molecular formula is C13H16N2O5. The molecule has 0 atom stereocenters. The van der Waals surface area contributed by atoms with Crippen molar-refractivity contribution in [2.24, 2.45) is 0 Å². The molecule has 1 rings (SSSR count). The Bertz CT molecular complexity index is 515. The number of nitro groups is 1. The van der Waals surface area contributed by atoms with Crippen molar-refractivity contribution < 1.29 is 19.2 Å². The summed E-state index contributed by atoms with van der Waals surface area (Å²) in [4.78, 5) is 34.5. The minimum absolute atomic E-state index is 0.126. The van der Waals surface area contributed by atoms with Gasteiger partial charge >= 0.3 is 5.97 Å². The lowest BCUT2D eigenvalue weighted by atomic mass is 10.1. The predicted molar refractivity (Wildman–Crippen MR) is 71.3 cm³/mol. The van der Waals surface area contributed by atoms with Gasteiger partial charge in [0.25, 0.3) is 11.6 Å². The summed E-state index contributed by atoms with van der Waals surface area (Å²) in [5.41, 5.74) is 0.124. The SMILES string of the molecule is COC(=O)CCCN(C)C(=O)c1cccc([N+](=O)[O-])c1. The summed E-state index contributed by atoms with van der Waals surface area (Å²) >= 11 is 0. The van der Waals surface area contributed by atoms with Crippen LogP contribution >= 0.6 is 0 Å². The minimum atomic E-state index is -0.548. The Labute approximate surface area is 116 Å². The van der Waals surface area contributed by atoms with Crippen LogP contribution in [0.1, 0.15) is 23.2 Å². The number of hydrogen-bond donors (Lipinski definition) is 0. The largest absolute Gasteiger partial charge is 0.469 e. The van der Waals surface area contributed by atoms with Gasteiger partial charge in [-0.3, -0.25) is 19.7 Å². The maximum absolute atomic E-state index is 12.1. The van der Waals surface area contributed by atoms with Gasteiger partial charge in [0.2, 0.25) is 0 Å². The summed E-state index contributed by atoms with van der Waals surface area (Å²) in [5.74, 6) is -0.653. The smallest absolute Gasteiger partial charge is 0.305 e. The maximum atomic E-state index is 12.1. The topological polar surface area (TPSA) is 89.8 Å². The lowest BCUT2D eigenvalue weighted by Gasteiger charge is -2.16. The molecule has 0 aliphatic carbocycles. The summed E-state index contributed by atoms with van der Waals surface area (Å²) < 4.78 is 4.50. The van der Waals surface area contributed by atoms with E-state index in [1.54, 1.807) is 7.05 Å². The van der Waals surface area contributed by atoms with E-state index in [-0.39, 0.29) is 29.5 Å². The van der Waals surface area contributed by atoms with Gasteiger partial charge in [0.1, 0.15) is 0 Å². The van der Waals surface area contributed by atoms with Crippen molar-refractivity contribution in [3.8, 4) is 0 Å². The summed E-state index contributed by atoms with van der Waals surface area (Å²) in [6.07, 6.45) is 0.701. The van der Waals surface area contributed by atoms with E-state index < -0.39 is 4.92 Å². The highest BCUT2D eigenvalue weighted by Crippen LogP contribution is 2.14. The van der Waals surface area contributed by atoms with Crippen molar-refractivity contribution in [3.05, 3.63) is 39.9 Å². The zero-order valence-corrected chi connectivity index (χ0v) is 11.4. The van der Waals surface area contributed by atoms with Crippen molar-refractivity contribution >= 4 is 17.6 Å². The fraction of sp³-hybridized carbons (Fsp3) is 0.385. The van der Waals surface area contributed by atoms with Crippen LogP contribution in [0.3, 0.4) is 0 Å². The predicted octanol–water partition coefficient (Wildman–Crippen LogP) is 1.62. The molecule has 0 saturated carbocycles. The van der Waals surface area contributed by atoms with Gasteiger partial charge in [-0.25, -0.2) is 0 Å². The van der Waals surface area contributed by atoms with Crippen molar-refractivity contribution in [1.29, 1.82) is 0 Å². The Morgan fingerprint density at radius 1 is 1.40 bits per heavy atom. The van der Waals surface area contributed by atoms with Gasteiger partial charge in [0, 0.05) is 37.7 Å². The number of nitrogens with zero attached hydrogens (tertiary/aromatic N) is 2. The molecule has 0 fully saturated rings. The van der Waals surface area contributed by atoms with E-state index >= 15 is 0 Å². The number of hydrogen-bond acceptors (Lipinski definition) is 5. The molecule has 0 unspecified atom stereocenters. The van der Waals surface area contributed by atoms with E-state index in [1.165, 1.54) is 36.3 Å². The normalized spacial score (nSPS) is 9.90. The van der Waals surface area contributed by atoms with Crippen LogP contribution in [-0.2, 0) is 9.53 Å². The summed E-state index contributed by atoms with van der Waals surface area (Å²) in [7, 11) is 2.89. The van der Waals surface area contributed by atoms with Crippen molar-refractivity contribution in [3.63, 3.8) is 0 Å². The number of ether oxygens (including phenoxy) is 1. The number of carbonyl (C=O) groups excluding carboxylic acids is 2. The molecular weight excluding hydrogens is 264 g/mol. The zero-order valence-electron chi connectivity index (χ0n) is 11.4. The van der Waals surface area contributed by atoms with E-state index in [1.807, 2.05) is 0 Å². The van der Waals surface area contributed by atoms with Crippen LogP contribution in [0.2, 0.25) is 0 Å². The quantitative estimate of drug-likeness (QED) is 0.448. The molecule has 0 aromatic heterocycles. The number of non-ortho nitro benzene ring substituents is 1. The van der Waals surface area contributed by atoms with Gasteiger partial charge < -0.3 is 9.64 Å². The van der Waals surface area contributed by atoms with E-state index in [9.17, 15) is 19.7 Å². The van der Waals surface area contributed by atoms with Crippen molar-refractivity contribution in [2.75, 3.05) is 20.7 Å². The average Bonchev–Trinajstić information content (AvgIpc) is 2.46. The third-order valence-electron chi connectivity index (χ3n) is 2.75. The number of methoxy groups -OCH3 is 1. The molecule has 0 heterocycles. The van der Waals surface area contributed by atoms with Gasteiger partial charge in [0.15, 0.2) is 0 Å². The van der Waals surface area contributed by atoms with Crippen LogP contribution in [0.5, 0.6) is 0 Å². The highest BCUT2D eigenvalue weighted by atomic mass is 16.6. The number of esters is 1. The highest BCUT2D eigenvalue weighted by molar-refractivity contribution is 5.94. The van der Waals surface area contributed by atoms with Crippen LogP contribution in [0, 0.1) is 10.1 Å². The third kappa shape index (κ3) is 4.34. The molecule has 0 aliphatic rings. The second kappa shape index (κ2) is 7.22. The molecule has 0 aliphatic heterocycles. The molecule has 0 spiro atoms. The standard InChI is InChI=1S/C13H16N2O5/c1-14(8-4-7-12(16)20-2)13(17)10-5-3-6-11(9-10)15(18)19/h3,5-6,9H,4,7-8H2,1-2H3. The summed E-state index contributed by atoms with van der Waals surface area (Å²) in [6, 6.07) is 5.55. The molecule has 1 aromatic carbocycles. The number of amides is 1. The van der Waals surface area contributed by atoms with Crippen LogP contribution in [0.15, 0.2) is 24.3 Å². The van der Waals surface area contributed by atoms with Crippen molar-refractivity contribution in [1.82, 2.24) is 4.90 Å². The molecule has 0 bridgehead atoms. The molecule has 0 N–H and O–H groups in total. The van der Waals surface area contributed by atoms with Crippen molar-refractivity contribution in [2.45, 2.75) is 12.8 Å². The molecule has 20 heavy (non-hydrogen) atoms. The maximum Gasteiger partial charge on any atom is 0.305 e. The van der Waals surface area contributed by atoms with E-state index in [0.717, 1.165) is 0 Å². The zero-order chi connectivity index (χ0) is 15.1. The van der Waals surface area contributed by atoms with Gasteiger partial charge in [-0.2, -0.15) is 0 Å².